The molecule has 3 aliphatic rings. The number of hydrogen-bond acceptors (Lipinski definition) is 3. The van der Waals surface area contributed by atoms with E-state index in [1.54, 1.807) is 0 Å². The maximum atomic E-state index is 12.9. The maximum absolute atomic E-state index is 12.9. The molecule has 1 fully saturated rings. The number of Topliss-reactive ketones (excluding diaryl/α,β-unsaturated/α-hetero) is 1. The van der Waals surface area contributed by atoms with E-state index in [0.717, 1.165) is 49.3 Å². The lowest BCUT2D eigenvalue weighted by Crippen LogP contribution is -2.34. The van der Waals surface area contributed by atoms with E-state index in [0.29, 0.717) is 17.7 Å². The average molecular weight is 418 g/mol. The zero-order chi connectivity index (χ0) is 21.4. The first kappa shape index (κ1) is 20.3. The summed E-state index contributed by atoms with van der Waals surface area (Å²) in [6, 6.07) is 5.62. The van der Waals surface area contributed by atoms with Crippen molar-refractivity contribution in [3.05, 3.63) is 51.8 Å². The molecule has 1 saturated heterocycles. The van der Waals surface area contributed by atoms with Crippen LogP contribution in [0, 0.1) is 0 Å². The highest BCUT2D eigenvalue weighted by atomic mass is 16.2. The number of piperidine rings is 1. The first-order valence-electron chi connectivity index (χ1n) is 11.8. The Labute approximate surface area is 183 Å². The van der Waals surface area contributed by atoms with Crippen LogP contribution in [-0.4, -0.2) is 41.2 Å². The van der Waals surface area contributed by atoms with Gasteiger partial charge in [-0.15, -0.1) is 0 Å². The SMILES string of the molecule is CCc1c(C=C2C(=O)Nc3ccc(C(=O)CN4CCCCC4)cc32)[nH]c2c1CCCC2. The summed E-state index contributed by atoms with van der Waals surface area (Å²) >= 11 is 0. The van der Waals surface area contributed by atoms with E-state index in [1.165, 1.54) is 48.9 Å². The number of benzene rings is 1. The van der Waals surface area contributed by atoms with E-state index in [2.05, 4.69) is 22.1 Å². The van der Waals surface area contributed by atoms with E-state index < -0.39 is 0 Å². The number of nitrogens with zero attached hydrogens (tertiary/aromatic N) is 1. The summed E-state index contributed by atoms with van der Waals surface area (Å²) in [5.41, 5.74) is 8.13. The number of amides is 1. The van der Waals surface area contributed by atoms with Crippen LogP contribution in [0.2, 0.25) is 0 Å². The Bertz CT molecular complexity index is 1060. The third-order valence-electron chi connectivity index (χ3n) is 7.03. The average Bonchev–Trinajstić information content (AvgIpc) is 3.30. The number of carbonyl (C=O) groups excluding carboxylic acids is 2. The van der Waals surface area contributed by atoms with Crippen molar-refractivity contribution < 1.29 is 9.59 Å². The van der Waals surface area contributed by atoms with Gasteiger partial charge in [0.1, 0.15) is 0 Å². The predicted molar refractivity (Wildman–Crippen MR) is 124 cm³/mol. The zero-order valence-electron chi connectivity index (χ0n) is 18.4. The molecule has 2 aromatic rings. The summed E-state index contributed by atoms with van der Waals surface area (Å²) in [5.74, 6) is 0.0400. The Morgan fingerprint density at radius 1 is 1.10 bits per heavy atom. The number of aromatic nitrogens is 1. The fourth-order valence-corrected chi connectivity index (χ4v) is 5.36. The fourth-order valence-electron chi connectivity index (χ4n) is 5.36. The van der Waals surface area contributed by atoms with Crippen LogP contribution in [0.5, 0.6) is 0 Å². The van der Waals surface area contributed by atoms with Crippen molar-refractivity contribution in [3.63, 3.8) is 0 Å². The Kier molecular flexibility index (Phi) is 5.53. The number of nitrogens with one attached hydrogen (secondary N) is 2. The van der Waals surface area contributed by atoms with E-state index in [9.17, 15) is 9.59 Å². The number of H-pyrrole nitrogens is 1. The number of aryl methyl sites for hydroxylation is 1. The molecule has 5 heteroatoms. The van der Waals surface area contributed by atoms with Crippen molar-refractivity contribution >= 4 is 29.0 Å². The summed E-state index contributed by atoms with van der Waals surface area (Å²) in [6.07, 6.45) is 11.2. The highest BCUT2D eigenvalue weighted by Gasteiger charge is 2.27. The number of rotatable bonds is 5. The van der Waals surface area contributed by atoms with Crippen LogP contribution in [0.25, 0.3) is 11.6 Å². The van der Waals surface area contributed by atoms with Gasteiger partial charge in [-0.1, -0.05) is 13.3 Å². The Hall–Kier alpha value is -2.66. The minimum absolute atomic E-state index is 0.0924. The minimum atomic E-state index is -0.0924. The molecule has 0 unspecified atom stereocenters. The Morgan fingerprint density at radius 3 is 2.71 bits per heavy atom. The predicted octanol–water partition coefficient (Wildman–Crippen LogP) is 4.62. The lowest BCUT2D eigenvalue weighted by molar-refractivity contribution is -0.110. The van der Waals surface area contributed by atoms with Gasteiger partial charge in [-0.2, -0.15) is 0 Å². The van der Waals surface area contributed by atoms with E-state index in [4.69, 9.17) is 0 Å². The molecule has 0 atom stereocenters. The summed E-state index contributed by atoms with van der Waals surface area (Å²) in [6.45, 7) is 4.64. The van der Waals surface area contributed by atoms with Gasteiger partial charge >= 0.3 is 0 Å². The molecule has 1 aliphatic carbocycles. The lowest BCUT2D eigenvalue weighted by Gasteiger charge is -2.25. The molecule has 1 aromatic carbocycles. The smallest absolute Gasteiger partial charge is 0.256 e. The molecule has 0 spiro atoms. The van der Waals surface area contributed by atoms with Crippen LogP contribution in [0.4, 0.5) is 5.69 Å². The second-order valence-electron chi connectivity index (χ2n) is 9.07. The van der Waals surface area contributed by atoms with E-state index in [1.807, 2.05) is 24.3 Å². The van der Waals surface area contributed by atoms with Crippen molar-refractivity contribution in [2.45, 2.75) is 58.3 Å². The zero-order valence-corrected chi connectivity index (χ0v) is 18.4. The first-order valence-corrected chi connectivity index (χ1v) is 11.8. The van der Waals surface area contributed by atoms with Crippen LogP contribution in [-0.2, 0) is 24.1 Å². The number of likely N-dealkylation sites (tertiary alicyclic amines) is 1. The third kappa shape index (κ3) is 3.87. The summed E-state index contributed by atoms with van der Waals surface area (Å²) in [4.78, 5) is 31.5. The van der Waals surface area contributed by atoms with Gasteiger partial charge in [0.25, 0.3) is 5.91 Å². The normalized spacial score (nSPS) is 19.9. The van der Waals surface area contributed by atoms with Crippen molar-refractivity contribution in [1.82, 2.24) is 9.88 Å². The molecule has 31 heavy (non-hydrogen) atoms. The minimum Gasteiger partial charge on any atom is -0.358 e. The maximum Gasteiger partial charge on any atom is 0.256 e. The van der Waals surface area contributed by atoms with Crippen LogP contribution >= 0.6 is 0 Å². The second kappa shape index (κ2) is 8.46. The highest BCUT2D eigenvalue weighted by molar-refractivity contribution is 6.35. The van der Waals surface area contributed by atoms with Gasteiger partial charge in [0.15, 0.2) is 5.78 Å². The summed E-state index contributed by atoms with van der Waals surface area (Å²) < 4.78 is 0. The largest absolute Gasteiger partial charge is 0.358 e. The molecule has 0 saturated carbocycles. The highest BCUT2D eigenvalue weighted by Crippen LogP contribution is 2.36. The van der Waals surface area contributed by atoms with Crippen LogP contribution < -0.4 is 5.32 Å². The fraction of sp³-hybridized carbons (Fsp3) is 0.462. The van der Waals surface area contributed by atoms with Crippen molar-refractivity contribution in [2.24, 2.45) is 0 Å². The molecule has 2 N–H and O–H groups in total. The number of fused-ring (bicyclic) bond motifs is 2. The third-order valence-corrected chi connectivity index (χ3v) is 7.03. The van der Waals surface area contributed by atoms with E-state index in [-0.39, 0.29) is 11.7 Å². The van der Waals surface area contributed by atoms with Gasteiger partial charge in [-0.05, 0) is 93.4 Å². The molecular weight excluding hydrogens is 386 g/mol. The number of anilines is 1. The molecule has 1 amide bonds. The second-order valence-corrected chi connectivity index (χ2v) is 9.07. The van der Waals surface area contributed by atoms with Crippen molar-refractivity contribution in [2.75, 3.05) is 25.0 Å². The number of hydrogen-bond donors (Lipinski definition) is 2. The number of ketones is 1. The van der Waals surface area contributed by atoms with Gasteiger partial charge in [0.05, 0.1) is 12.1 Å². The molecule has 2 aliphatic heterocycles. The molecule has 3 heterocycles. The molecule has 162 valence electrons. The van der Waals surface area contributed by atoms with E-state index >= 15 is 0 Å². The summed E-state index contributed by atoms with van der Waals surface area (Å²) in [7, 11) is 0. The molecule has 0 radical (unpaired) electrons. The quantitative estimate of drug-likeness (QED) is 0.551. The topological polar surface area (TPSA) is 65.2 Å². The van der Waals surface area contributed by atoms with Crippen LogP contribution in [0.15, 0.2) is 18.2 Å². The molecular formula is C26H31N3O2. The summed E-state index contributed by atoms with van der Waals surface area (Å²) in [5, 5.41) is 2.97. The number of aromatic amines is 1. The van der Waals surface area contributed by atoms with Crippen LogP contribution in [0.3, 0.4) is 0 Å². The van der Waals surface area contributed by atoms with Crippen molar-refractivity contribution in [3.8, 4) is 0 Å². The number of carbonyl (C=O) groups is 2. The van der Waals surface area contributed by atoms with Crippen LogP contribution in [0.1, 0.15) is 77.5 Å². The standard InChI is InChI=1S/C26H31N3O2/c1-2-18-19-8-4-5-9-22(19)27-24(18)15-21-20-14-17(10-11-23(20)28-26(21)31)25(30)16-29-12-6-3-7-13-29/h10-11,14-15,27H,2-9,12-13,16H2,1H3,(H,28,31). The van der Waals surface area contributed by atoms with Gasteiger partial charge in [0.2, 0.25) is 0 Å². The molecule has 0 bridgehead atoms. The van der Waals surface area contributed by atoms with Crippen molar-refractivity contribution in [1.29, 1.82) is 0 Å². The monoisotopic (exact) mass is 417 g/mol. The van der Waals surface area contributed by atoms with Gasteiger partial charge in [0, 0.05) is 28.2 Å². The lowest BCUT2D eigenvalue weighted by atomic mass is 9.93. The molecule has 5 rings (SSSR count). The Balaban J connectivity index is 1.46. The van der Waals surface area contributed by atoms with Gasteiger partial charge in [-0.3, -0.25) is 14.5 Å². The van der Waals surface area contributed by atoms with Gasteiger partial charge < -0.3 is 10.3 Å². The first-order chi connectivity index (χ1) is 15.1. The molecule has 5 nitrogen and oxygen atoms in total. The Morgan fingerprint density at radius 2 is 1.90 bits per heavy atom. The molecule has 1 aromatic heterocycles. The van der Waals surface area contributed by atoms with Gasteiger partial charge in [-0.25, -0.2) is 0 Å².